The first-order valence-corrected chi connectivity index (χ1v) is 8.17. The summed E-state index contributed by atoms with van der Waals surface area (Å²) in [6.45, 7) is 0.900. The van der Waals surface area contributed by atoms with E-state index in [-0.39, 0.29) is 18.1 Å². The molecule has 20 heavy (non-hydrogen) atoms. The Labute approximate surface area is 122 Å². The maximum Gasteiger partial charge on any atom is 0.159 e. The second-order valence-electron chi connectivity index (χ2n) is 5.77. The number of nitrogens with zero attached hydrogens (tertiary/aromatic N) is 1. The van der Waals surface area contributed by atoms with Crippen molar-refractivity contribution in [1.29, 1.82) is 0 Å². The molecule has 0 radical (unpaired) electrons. The van der Waals surface area contributed by atoms with E-state index in [1.165, 1.54) is 24.6 Å². The number of nitrogens with one attached hydrogen (secondary N) is 1. The molecule has 1 aliphatic carbocycles. The van der Waals surface area contributed by atoms with Crippen LogP contribution in [0.4, 0.5) is 0 Å². The number of hydrogen-bond donors (Lipinski definition) is 4. The summed E-state index contributed by atoms with van der Waals surface area (Å²) in [5.74, 6) is 0.723. The molecule has 1 saturated carbocycles. The van der Waals surface area contributed by atoms with Crippen molar-refractivity contribution in [2.75, 3.05) is 13.2 Å². The largest absolute Gasteiger partial charge is 0.396 e. The molecule has 0 spiro atoms. The normalized spacial score (nSPS) is 42.5. The molecule has 6 nitrogen and oxygen atoms in total. The predicted octanol–water partition coefficient (Wildman–Crippen LogP) is -0.323. The molecular formula is C13H22N2O4S. The van der Waals surface area contributed by atoms with E-state index in [9.17, 15) is 10.2 Å². The first-order valence-electron chi connectivity index (χ1n) is 7.29. The van der Waals surface area contributed by atoms with Crippen molar-refractivity contribution in [3.63, 3.8) is 0 Å². The zero-order chi connectivity index (χ0) is 14.1. The lowest BCUT2D eigenvalue weighted by molar-refractivity contribution is -0.158. The molecule has 3 rings (SSSR count). The van der Waals surface area contributed by atoms with Crippen LogP contribution in [0.1, 0.15) is 25.7 Å². The number of amidine groups is 1. The predicted molar refractivity (Wildman–Crippen MR) is 76.5 cm³/mol. The van der Waals surface area contributed by atoms with Gasteiger partial charge >= 0.3 is 0 Å². The second-order valence-corrected chi connectivity index (χ2v) is 6.85. The molecule has 3 aliphatic rings. The number of hydrogen-bond acceptors (Lipinski definition) is 6. The number of aliphatic imine (C=N–C) groups is 1. The van der Waals surface area contributed by atoms with Crippen molar-refractivity contribution in [3.8, 4) is 0 Å². The van der Waals surface area contributed by atoms with E-state index >= 15 is 0 Å². The third-order valence-electron chi connectivity index (χ3n) is 4.06. The monoisotopic (exact) mass is 302 g/mol. The molecule has 0 aromatic rings. The van der Waals surface area contributed by atoms with E-state index < -0.39 is 18.3 Å². The van der Waals surface area contributed by atoms with Crippen LogP contribution in [0.3, 0.4) is 0 Å². The van der Waals surface area contributed by atoms with E-state index in [4.69, 9.17) is 9.84 Å². The molecule has 0 unspecified atom stereocenters. The summed E-state index contributed by atoms with van der Waals surface area (Å²) in [6, 6.07) is -0.307. The van der Waals surface area contributed by atoms with Crippen LogP contribution in [0, 0.1) is 5.92 Å². The fraction of sp³-hybridized carbons (Fsp3) is 0.923. The Morgan fingerprint density at radius 1 is 1.30 bits per heavy atom. The molecule has 2 aliphatic heterocycles. The number of aliphatic hydroxyl groups is 3. The van der Waals surface area contributed by atoms with Gasteiger partial charge in [0.25, 0.3) is 0 Å². The Bertz CT molecular complexity index is 377. The molecule has 3 fully saturated rings. The summed E-state index contributed by atoms with van der Waals surface area (Å²) in [5, 5.41) is 33.1. The quantitative estimate of drug-likeness (QED) is 0.556. The standard InChI is InChI=1S/C13H22N2O4S/c16-5-1-2-8-10(17)11(18)9-12(19-8)20-13(15-9)14-6-7-3-4-7/h7-12,16-18H,1-6H2,(H,14,15)/t8-,9-,10-,11-,12-/m1/s1. The van der Waals surface area contributed by atoms with Crippen LogP contribution in [-0.2, 0) is 4.74 Å². The van der Waals surface area contributed by atoms with Gasteiger partial charge < -0.3 is 25.4 Å². The highest BCUT2D eigenvalue weighted by atomic mass is 32.2. The molecule has 7 heteroatoms. The van der Waals surface area contributed by atoms with Gasteiger partial charge in [-0.2, -0.15) is 0 Å². The Hall–Kier alpha value is -0.340. The summed E-state index contributed by atoms with van der Waals surface area (Å²) in [4.78, 5) is 4.51. The minimum absolute atomic E-state index is 0.0657. The molecule has 0 bridgehead atoms. The van der Waals surface area contributed by atoms with Crippen molar-refractivity contribution in [1.82, 2.24) is 5.32 Å². The zero-order valence-corrected chi connectivity index (χ0v) is 12.1. The van der Waals surface area contributed by atoms with Gasteiger partial charge in [-0.25, -0.2) is 0 Å². The fourth-order valence-electron chi connectivity index (χ4n) is 2.60. The molecular weight excluding hydrogens is 280 g/mol. The van der Waals surface area contributed by atoms with Crippen molar-refractivity contribution < 1.29 is 20.1 Å². The van der Waals surface area contributed by atoms with Gasteiger partial charge in [-0.3, -0.25) is 4.99 Å². The minimum atomic E-state index is -0.918. The zero-order valence-electron chi connectivity index (χ0n) is 11.3. The van der Waals surface area contributed by atoms with Gasteiger partial charge in [0.2, 0.25) is 0 Å². The van der Waals surface area contributed by atoms with E-state index in [1.54, 1.807) is 0 Å². The van der Waals surface area contributed by atoms with Crippen LogP contribution < -0.4 is 5.32 Å². The Balaban J connectivity index is 1.60. The minimum Gasteiger partial charge on any atom is -0.396 e. The van der Waals surface area contributed by atoms with E-state index in [1.807, 2.05) is 0 Å². The summed E-state index contributed by atoms with van der Waals surface area (Å²) in [5.41, 5.74) is -0.213. The molecule has 0 aromatic carbocycles. The Morgan fingerprint density at radius 3 is 2.80 bits per heavy atom. The highest BCUT2D eigenvalue weighted by Gasteiger charge is 2.48. The summed E-state index contributed by atoms with van der Waals surface area (Å²) in [6.07, 6.45) is 1.43. The molecule has 114 valence electrons. The second kappa shape index (κ2) is 6.19. The number of aliphatic hydroxyl groups excluding tert-OH is 3. The van der Waals surface area contributed by atoms with Gasteiger partial charge in [0.1, 0.15) is 17.6 Å². The topological polar surface area (TPSA) is 94.3 Å². The first kappa shape index (κ1) is 14.6. The smallest absolute Gasteiger partial charge is 0.159 e. The van der Waals surface area contributed by atoms with Crippen molar-refractivity contribution >= 4 is 16.9 Å². The van der Waals surface area contributed by atoms with Crippen LogP contribution in [-0.4, -0.2) is 63.4 Å². The maximum absolute atomic E-state index is 10.2. The third-order valence-corrected chi connectivity index (χ3v) is 5.16. The molecule has 0 aromatic heterocycles. The van der Waals surface area contributed by atoms with Crippen molar-refractivity contribution in [2.24, 2.45) is 10.9 Å². The number of rotatable bonds is 5. The van der Waals surface area contributed by atoms with Gasteiger partial charge in [0, 0.05) is 13.2 Å². The van der Waals surface area contributed by atoms with Gasteiger partial charge in [0.05, 0.1) is 12.1 Å². The van der Waals surface area contributed by atoms with Crippen LogP contribution in [0.2, 0.25) is 0 Å². The summed E-state index contributed by atoms with van der Waals surface area (Å²) < 4.78 is 5.85. The van der Waals surface area contributed by atoms with E-state index in [0.29, 0.717) is 12.8 Å². The van der Waals surface area contributed by atoms with Gasteiger partial charge in [-0.05, 0) is 31.6 Å². The highest BCUT2D eigenvalue weighted by molar-refractivity contribution is 8.14. The van der Waals surface area contributed by atoms with Crippen molar-refractivity contribution in [3.05, 3.63) is 0 Å². The summed E-state index contributed by atoms with van der Waals surface area (Å²) >= 11 is 1.49. The van der Waals surface area contributed by atoms with Gasteiger partial charge in [-0.15, -0.1) is 0 Å². The Morgan fingerprint density at radius 2 is 2.10 bits per heavy atom. The number of thioether (sulfide) groups is 1. The van der Waals surface area contributed by atoms with E-state index in [0.717, 1.165) is 17.6 Å². The van der Waals surface area contributed by atoms with Gasteiger partial charge in [-0.1, -0.05) is 11.8 Å². The van der Waals surface area contributed by atoms with Crippen molar-refractivity contribution in [2.45, 2.75) is 55.5 Å². The van der Waals surface area contributed by atoms with Crippen LogP contribution in [0.5, 0.6) is 0 Å². The van der Waals surface area contributed by atoms with E-state index in [2.05, 4.69) is 10.3 Å². The molecule has 0 amide bonds. The summed E-state index contributed by atoms with van der Waals surface area (Å²) in [7, 11) is 0. The average molecular weight is 302 g/mol. The molecule has 2 heterocycles. The Kier molecular flexibility index (Phi) is 4.52. The molecule has 5 atom stereocenters. The number of fused-ring (bicyclic) bond motifs is 1. The molecule has 2 saturated heterocycles. The fourth-order valence-corrected chi connectivity index (χ4v) is 3.75. The average Bonchev–Trinajstić information content (AvgIpc) is 3.18. The first-order chi connectivity index (χ1) is 9.69. The van der Waals surface area contributed by atoms with Crippen LogP contribution in [0.25, 0.3) is 0 Å². The lowest BCUT2D eigenvalue weighted by Gasteiger charge is -2.38. The number of ether oxygens (including phenoxy) is 1. The highest BCUT2D eigenvalue weighted by Crippen LogP contribution is 2.36. The lowest BCUT2D eigenvalue weighted by Crippen LogP contribution is -2.58. The van der Waals surface area contributed by atoms with Crippen LogP contribution >= 0.6 is 11.8 Å². The lowest BCUT2D eigenvalue weighted by atomic mass is 9.95. The SMILES string of the molecule is OCCC[C@H]1O[C@@H]2SC(=NCC3CC3)N[C@@H]2[C@@H](O)[C@@H]1O. The third kappa shape index (κ3) is 3.12. The van der Waals surface area contributed by atoms with Gasteiger partial charge in [0.15, 0.2) is 5.17 Å². The molecule has 4 N–H and O–H groups in total. The maximum atomic E-state index is 10.2. The van der Waals surface area contributed by atoms with Crippen LogP contribution in [0.15, 0.2) is 4.99 Å².